The molecule has 1 aromatic carbocycles. The lowest BCUT2D eigenvalue weighted by Crippen LogP contribution is -2.50. The minimum absolute atomic E-state index is 0.530. The van der Waals surface area contributed by atoms with E-state index in [0.29, 0.717) is 6.04 Å². The van der Waals surface area contributed by atoms with Gasteiger partial charge in [-0.15, -0.1) is 11.8 Å². The Morgan fingerprint density at radius 2 is 2.21 bits per heavy atom. The lowest BCUT2D eigenvalue weighted by Gasteiger charge is -2.39. The number of rotatable bonds is 3. The fourth-order valence-corrected chi connectivity index (χ4v) is 3.22. The summed E-state index contributed by atoms with van der Waals surface area (Å²) in [7, 11) is 2.16. The van der Waals surface area contributed by atoms with Crippen molar-refractivity contribution in [3.8, 4) is 6.07 Å². The normalized spacial score (nSPS) is 20.3. The molecule has 0 spiro atoms. The number of hydrogen-bond acceptors (Lipinski definition) is 4. The minimum atomic E-state index is 0.530. The van der Waals surface area contributed by atoms with E-state index in [1.54, 1.807) is 11.8 Å². The van der Waals surface area contributed by atoms with Gasteiger partial charge in [0.1, 0.15) is 6.07 Å². The summed E-state index contributed by atoms with van der Waals surface area (Å²) in [4.78, 5) is 5.82. The van der Waals surface area contributed by atoms with Crippen LogP contribution in [-0.2, 0) is 0 Å². The highest BCUT2D eigenvalue weighted by molar-refractivity contribution is 7.99. The Hall–Kier alpha value is -1.18. The molecular weight excluding hydrogens is 254 g/mol. The van der Waals surface area contributed by atoms with Gasteiger partial charge >= 0.3 is 0 Å². The largest absolute Gasteiger partial charge is 0.368 e. The van der Waals surface area contributed by atoms with Crippen LogP contribution in [0.2, 0.25) is 0 Å². The molecule has 0 saturated carbocycles. The Bertz CT molecular complexity index is 481. The first-order chi connectivity index (χ1) is 9.17. The molecule has 102 valence electrons. The third-order valence-electron chi connectivity index (χ3n) is 3.72. The molecule has 0 aliphatic carbocycles. The summed E-state index contributed by atoms with van der Waals surface area (Å²) < 4.78 is 0. The van der Waals surface area contributed by atoms with Crippen molar-refractivity contribution < 1.29 is 0 Å². The zero-order chi connectivity index (χ0) is 13.8. The first-order valence-corrected chi connectivity index (χ1v) is 7.77. The van der Waals surface area contributed by atoms with Crippen LogP contribution in [0.15, 0.2) is 23.1 Å². The van der Waals surface area contributed by atoms with Gasteiger partial charge in [0.25, 0.3) is 0 Å². The van der Waals surface area contributed by atoms with Crippen LogP contribution < -0.4 is 4.90 Å². The molecule has 0 aromatic heterocycles. The van der Waals surface area contributed by atoms with Crippen LogP contribution in [-0.4, -0.2) is 43.4 Å². The van der Waals surface area contributed by atoms with Crippen LogP contribution in [0.4, 0.5) is 5.69 Å². The second kappa shape index (κ2) is 6.31. The zero-order valence-corrected chi connectivity index (χ0v) is 12.7. The number of piperazine rings is 1. The monoisotopic (exact) mass is 275 g/mol. The number of likely N-dealkylation sites (N-methyl/N-ethyl adjacent to an activating group) is 1. The molecule has 0 radical (unpaired) electrons. The van der Waals surface area contributed by atoms with E-state index < -0.39 is 0 Å². The van der Waals surface area contributed by atoms with Crippen molar-refractivity contribution in [2.45, 2.75) is 24.8 Å². The van der Waals surface area contributed by atoms with Crippen LogP contribution in [0.1, 0.15) is 19.4 Å². The SMILES string of the molecule is CCSc1cccc(N2CCN(C)C(C)C2)c1C#N. The number of hydrogen-bond donors (Lipinski definition) is 0. The van der Waals surface area contributed by atoms with Crippen LogP contribution in [0.5, 0.6) is 0 Å². The van der Waals surface area contributed by atoms with E-state index in [-0.39, 0.29) is 0 Å². The van der Waals surface area contributed by atoms with Crippen molar-refractivity contribution >= 4 is 17.4 Å². The lowest BCUT2D eigenvalue weighted by atomic mass is 10.1. The van der Waals surface area contributed by atoms with Crippen LogP contribution in [0.3, 0.4) is 0 Å². The quantitative estimate of drug-likeness (QED) is 0.794. The summed E-state index contributed by atoms with van der Waals surface area (Å²) in [6.07, 6.45) is 0. The minimum Gasteiger partial charge on any atom is -0.368 e. The van der Waals surface area contributed by atoms with Gasteiger partial charge in [0.05, 0.1) is 11.3 Å². The third kappa shape index (κ3) is 3.05. The van der Waals surface area contributed by atoms with Gasteiger partial charge in [-0.25, -0.2) is 0 Å². The van der Waals surface area contributed by atoms with E-state index >= 15 is 0 Å². The number of anilines is 1. The molecule has 1 aromatic rings. The highest BCUT2D eigenvalue weighted by Gasteiger charge is 2.23. The Labute approximate surface area is 120 Å². The molecule has 1 saturated heterocycles. The molecule has 0 amide bonds. The number of nitriles is 1. The summed E-state index contributed by atoms with van der Waals surface area (Å²) >= 11 is 1.75. The molecule has 0 bridgehead atoms. The summed E-state index contributed by atoms with van der Waals surface area (Å²) in [5.74, 6) is 0.997. The van der Waals surface area contributed by atoms with Gasteiger partial charge in [-0.2, -0.15) is 5.26 Å². The summed E-state index contributed by atoms with van der Waals surface area (Å²) in [6.45, 7) is 7.40. The molecule has 1 heterocycles. The second-order valence-electron chi connectivity index (χ2n) is 4.97. The average molecular weight is 275 g/mol. The lowest BCUT2D eigenvalue weighted by molar-refractivity contribution is 0.234. The predicted octanol–water partition coefficient (Wildman–Crippen LogP) is 2.81. The van der Waals surface area contributed by atoms with Gasteiger partial charge in [-0.1, -0.05) is 13.0 Å². The summed E-state index contributed by atoms with van der Waals surface area (Å²) in [6, 6.07) is 9.12. The topological polar surface area (TPSA) is 30.3 Å². The van der Waals surface area contributed by atoms with Gasteiger partial charge in [0.15, 0.2) is 0 Å². The standard InChI is InChI=1S/C15H21N3S/c1-4-19-15-7-5-6-14(13(15)10-16)18-9-8-17(3)12(2)11-18/h5-7,12H,4,8-9,11H2,1-3H3. The molecule has 1 atom stereocenters. The fraction of sp³-hybridized carbons (Fsp3) is 0.533. The maximum absolute atomic E-state index is 9.47. The number of benzene rings is 1. The molecule has 1 aliphatic rings. The first-order valence-electron chi connectivity index (χ1n) is 6.78. The van der Waals surface area contributed by atoms with Crippen molar-refractivity contribution in [2.75, 3.05) is 37.3 Å². The Kier molecular flexibility index (Phi) is 4.73. The van der Waals surface area contributed by atoms with Gasteiger partial charge < -0.3 is 9.80 Å². The first kappa shape index (κ1) is 14.2. The molecule has 0 N–H and O–H groups in total. The third-order valence-corrected chi connectivity index (χ3v) is 4.66. The molecule has 1 aliphatic heterocycles. The molecule has 3 nitrogen and oxygen atoms in total. The van der Waals surface area contributed by atoms with Crippen molar-refractivity contribution in [1.29, 1.82) is 5.26 Å². The van der Waals surface area contributed by atoms with E-state index in [1.807, 2.05) is 0 Å². The summed E-state index contributed by atoms with van der Waals surface area (Å²) in [5, 5.41) is 9.47. The van der Waals surface area contributed by atoms with Gasteiger partial charge in [-0.05, 0) is 31.9 Å². The van der Waals surface area contributed by atoms with Crippen molar-refractivity contribution in [2.24, 2.45) is 0 Å². The molecular formula is C15H21N3S. The van der Waals surface area contributed by atoms with Crippen molar-refractivity contribution in [3.63, 3.8) is 0 Å². The fourth-order valence-electron chi connectivity index (χ4n) is 2.44. The van der Waals surface area contributed by atoms with E-state index in [0.717, 1.165) is 41.5 Å². The van der Waals surface area contributed by atoms with E-state index in [1.165, 1.54) is 0 Å². The van der Waals surface area contributed by atoms with Crippen LogP contribution in [0, 0.1) is 11.3 Å². The Morgan fingerprint density at radius 3 is 2.84 bits per heavy atom. The average Bonchev–Trinajstić information content (AvgIpc) is 2.42. The van der Waals surface area contributed by atoms with Crippen LogP contribution >= 0.6 is 11.8 Å². The van der Waals surface area contributed by atoms with E-state index in [2.05, 4.69) is 55.0 Å². The van der Waals surface area contributed by atoms with Gasteiger partial charge in [-0.3, -0.25) is 0 Å². The molecule has 19 heavy (non-hydrogen) atoms. The van der Waals surface area contributed by atoms with E-state index in [9.17, 15) is 5.26 Å². The van der Waals surface area contributed by atoms with Crippen LogP contribution in [0.25, 0.3) is 0 Å². The number of nitrogens with zero attached hydrogens (tertiary/aromatic N) is 3. The highest BCUT2D eigenvalue weighted by Crippen LogP contribution is 2.31. The van der Waals surface area contributed by atoms with Crippen molar-refractivity contribution in [1.82, 2.24) is 4.90 Å². The smallest absolute Gasteiger partial charge is 0.103 e. The van der Waals surface area contributed by atoms with Gasteiger partial charge in [0.2, 0.25) is 0 Å². The molecule has 1 fully saturated rings. The zero-order valence-electron chi connectivity index (χ0n) is 11.9. The molecule has 1 unspecified atom stereocenters. The molecule has 2 rings (SSSR count). The molecule has 4 heteroatoms. The maximum Gasteiger partial charge on any atom is 0.103 e. The summed E-state index contributed by atoms with van der Waals surface area (Å²) in [5.41, 5.74) is 1.94. The number of thioether (sulfide) groups is 1. The Balaban J connectivity index is 2.29. The maximum atomic E-state index is 9.47. The predicted molar refractivity (Wildman–Crippen MR) is 81.9 cm³/mol. The van der Waals surface area contributed by atoms with E-state index in [4.69, 9.17) is 0 Å². The second-order valence-corrected chi connectivity index (χ2v) is 6.28. The Morgan fingerprint density at radius 1 is 1.42 bits per heavy atom. The highest BCUT2D eigenvalue weighted by atomic mass is 32.2. The van der Waals surface area contributed by atoms with Gasteiger partial charge in [0, 0.05) is 30.6 Å². The van der Waals surface area contributed by atoms with Crippen molar-refractivity contribution in [3.05, 3.63) is 23.8 Å².